The fourth-order valence-electron chi connectivity index (χ4n) is 3.93. The number of amides is 1. The van der Waals surface area contributed by atoms with Crippen molar-refractivity contribution < 1.29 is 4.79 Å². The number of aromatic nitrogens is 4. The first-order chi connectivity index (χ1) is 11.6. The number of hydrogen-bond donors (Lipinski definition) is 1. The van der Waals surface area contributed by atoms with Crippen LogP contribution in [0.5, 0.6) is 0 Å². The van der Waals surface area contributed by atoms with Gasteiger partial charge in [0.1, 0.15) is 0 Å². The summed E-state index contributed by atoms with van der Waals surface area (Å²) in [5.74, 6) is 0.321. The molecule has 24 heavy (non-hydrogen) atoms. The Balaban J connectivity index is 1.45. The lowest BCUT2D eigenvalue weighted by Gasteiger charge is -2.18. The zero-order valence-electron chi connectivity index (χ0n) is 14.1. The fraction of sp³-hybridized carbons (Fsp3) is 0.588. The Hall–Kier alpha value is -2.15. The molecule has 1 amide bonds. The van der Waals surface area contributed by atoms with Crippen LogP contribution in [0.1, 0.15) is 35.6 Å². The van der Waals surface area contributed by atoms with Gasteiger partial charge in [-0.1, -0.05) is 0 Å². The van der Waals surface area contributed by atoms with Crippen LogP contribution in [0.2, 0.25) is 0 Å². The third-order valence-electron chi connectivity index (χ3n) is 5.28. The molecule has 2 aromatic heterocycles. The molecule has 4 rings (SSSR count). The predicted molar refractivity (Wildman–Crippen MR) is 89.4 cm³/mol. The summed E-state index contributed by atoms with van der Waals surface area (Å²) in [5, 5.41) is 8.65. The number of nitrogens with two attached hydrogens (primary N) is 1. The number of likely N-dealkylation sites (tertiary alicyclic amines) is 1. The summed E-state index contributed by atoms with van der Waals surface area (Å²) in [6.07, 6.45) is 9.54. The van der Waals surface area contributed by atoms with E-state index in [0.717, 1.165) is 24.1 Å². The van der Waals surface area contributed by atoms with Gasteiger partial charge in [-0.05, 0) is 24.8 Å². The maximum Gasteiger partial charge on any atom is 0.227 e. The van der Waals surface area contributed by atoms with E-state index in [1.54, 1.807) is 4.68 Å². The zero-order valence-corrected chi connectivity index (χ0v) is 14.1. The molecule has 2 aromatic rings. The van der Waals surface area contributed by atoms with E-state index < -0.39 is 0 Å². The van der Waals surface area contributed by atoms with Crippen molar-refractivity contribution in [1.29, 1.82) is 0 Å². The topological polar surface area (TPSA) is 82.0 Å². The molecule has 0 saturated carbocycles. The van der Waals surface area contributed by atoms with Crippen molar-refractivity contribution >= 4 is 5.91 Å². The van der Waals surface area contributed by atoms with Crippen LogP contribution in [0.3, 0.4) is 0 Å². The largest absolute Gasteiger partial charge is 0.340 e. The summed E-state index contributed by atoms with van der Waals surface area (Å²) >= 11 is 0. The highest BCUT2D eigenvalue weighted by molar-refractivity contribution is 5.79. The molecule has 2 N–H and O–H groups in total. The first-order valence-corrected chi connectivity index (χ1v) is 8.67. The average Bonchev–Trinajstić information content (AvgIpc) is 3.27. The van der Waals surface area contributed by atoms with E-state index in [1.165, 1.54) is 18.5 Å². The molecular formula is C17H24N6O. The van der Waals surface area contributed by atoms with Gasteiger partial charge in [0.2, 0.25) is 5.91 Å². The second-order valence-corrected chi connectivity index (χ2v) is 6.99. The first-order valence-electron chi connectivity index (χ1n) is 8.67. The van der Waals surface area contributed by atoms with Gasteiger partial charge in [0.25, 0.3) is 0 Å². The lowest BCUT2D eigenvalue weighted by atomic mass is 9.98. The quantitative estimate of drug-likeness (QED) is 0.887. The lowest BCUT2D eigenvalue weighted by molar-refractivity contribution is -0.129. The molecule has 4 heterocycles. The number of nitrogens with zero attached hydrogens (tertiary/aromatic N) is 5. The lowest BCUT2D eigenvalue weighted by Crippen LogP contribution is -2.33. The Morgan fingerprint density at radius 3 is 2.96 bits per heavy atom. The van der Waals surface area contributed by atoms with Crippen molar-refractivity contribution in [2.24, 2.45) is 12.8 Å². The summed E-state index contributed by atoms with van der Waals surface area (Å²) < 4.78 is 3.84. The van der Waals surface area contributed by atoms with Gasteiger partial charge in [0.15, 0.2) is 0 Å². The molecule has 7 nitrogen and oxygen atoms in total. The van der Waals surface area contributed by atoms with E-state index in [-0.39, 0.29) is 17.9 Å². The van der Waals surface area contributed by atoms with E-state index in [0.29, 0.717) is 19.5 Å². The smallest absolute Gasteiger partial charge is 0.227 e. The molecule has 2 aliphatic rings. The molecule has 0 aromatic carbocycles. The summed E-state index contributed by atoms with van der Waals surface area (Å²) in [7, 11) is 1.90. The minimum absolute atomic E-state index is 0.0285. The monoisotopic (exact) mass is 328 g/mol. The van der Waals surface area contributed by atoms with E-state index in [9.17, 15) is 4.79 Å². The van der Waals surface area contributed by atoms with Gasteiger partial charge in [0.05, 0.1) is 18.8 Å². The third-order valence-corrected chi connectivity index (χ3v) is 5.28. The number of fused-ring (bicyclic) bond motifs is 1. The minimum Gasteiger partial charge on any atom is -0.340 e. The van der Waals surface area contributed by atoms with E-state index in [4.69, 9.17) is 5.73 Å². The standard InChI is InChI=1S/C17H24N6O/c1-21-9-13(8-19-21)14-10-22(11-15(14)18)17(24)6-12-7-20-23-5-3-2-4-16(12)23/h7-9,14-15H,2-6,10-11,18H2,1H3/t14-,15+/m0/s1. The van der Waals surface area contributed by atoms with Crippen LogP contribution < -0.4 is 5.73 Å². The Labute approximate surface area is 141 Å². The maximum atomic E-state index is 12.7. The first kappa shape index (κ1) is 15.4. The van der Waals surface area contributed by atoms with Gasteiger partial charge in [-0.2, -0.15) is 10.2 Å². The van der Waals surface area contributed by atoms with Crippen molar-refractivity contribution in [3.8, 4) is 0 Å². The van der Waals surface area contributed by atoms with Crippen LogP contribution in [-0.2, 0) is 31.2 Å². The van der Waals surface area contributed by atoms with Gasteiger partial charge in [-0.25, -0.2) is 0 Å². The number of carbonyl (C=O) groups excluding carboxylic acids is 1. The minimum atomic E-state index is -0.0285. The third kappa shape index (κ3) is 2.73. The zero-order chi connectivity index (χ0) is 16.7. The molecule has 0 bridgehead atoms. The molecule has 128 valence electrons. The molecule has 7 heteroatoms. The van der Waals surface area contributed by atoms with Gasteiger partial charge in [-0.3, -0.25) is 14.2 Å². The van der Waals surface area contributed by atoms with E-state index in [1.807, 2.05) is 30.5 Å². The molecular weight excluding hydrogens is 304 g/mol. The molecule has 0 spiro atoms. The van der Waals surface area contributed by atoms with Gasteiger partial charge < -0.3 is 10.6 Å². The van der Waals surface area contributed by atoms with E-state index in [2.05, 4.69) is 14.9 Å². The highest BCUT2D eigenvalue weighted by Gasteiger charge is 2.34. The van der Waals surface area contributed by atoms with Crippen molar-refractivity contribution in [2.45, 2.75) is 44.2 Å². The van der Waals surface area contributed by atoms with Crippen LogP contribution in [0.25, 0.3) is 0 Å². The summed E-state index contributed by atoms with van der Waals surface area (Å²) in [4.78, 5) is 14.6. The van der Waals surface area contributed by atoms with Gasteiger partial charge >= 0.3 is 0 Å². The second-order valence-electron chi connectivity index (χ2n) is 6.99. The summed E-state index contributed by atoms with van der Waals surface area (Å²) in [5.41, 5.74) is 9.72. The second kappa shape index (κ2) is 6.05. The highest BCUT2D eigenvalue weighted by atomic mass is 16.2. The molecule has 1 saturated heterocycles. The highest BCUT2D eigenvalue weighted by Crippen LogP contribution is 2.27. The molecule has 2 aliphatic heterocycles. The SMILES string of the molecule is Cn1cc([C@@H]2CN(C(=O)Cc3cnn4c3CCCC4)C[C@H]2N)cn1. The molecule has 0 aliphatic carbocycles. The Morgan fingerprint density at radius 2 is 2.17 bits per heavy atom. The Morgan fingerprint density at radius 1 is 1.29 bits per heavy atom. The molecule has 0 unspecified atom stereocenters. The van der Waals surface area contributed by atoms with Crippen molar-refractivity contribution in [1.82, 2.24) is 24.5 Å². The Bertz CT molecular complexity index is 748. The number of aryl methyl sites for hydroxylation is 2. The van der Waals surface area contributed by atoms with Crippen LogP contribution in [-0.4, -0.2) is 49.5 Å². The van der Waals surface area contributed by atoms with Crippen LogP contribution in [0.4, 0.5) is 0 Å². The number of carbonyl (C=O) groups is 1. The van der Waals surface area contributed by atoms with Crippen molar-refractivity contribution in [2.75, 3.05) is 13.1 Å². The average molecular weight is 328 g/mol. The fourth-order valence-corrected chi connectivity index (χ4v) is 3.93. The van der Waals surface area contributed by atoms with Crippen molar-refractivity contribution in [3.63, 3.8) is 0 Å². The molecule has 0 radical (unpaired) electrons. The van der Waals surface area contributed by atoms with Crippen molar-refractivity contribution in [3.05, 3.63) is 35.4 Å². The summed E-state index contributed by atoms with van der Waals surface area (Å²) in [6.45, 7) is 2.26. The van der Waals surface area contributed by atoms with E-state index >= 15 is 0 Å². The van der Waals surface area contributed by atoms with Crippen LogP contribution >= 0.6 is 0 Å². The normalized spacial score (nSPS) is 23.5. The molecule has 2 atom stereocenters. The number of rotatable bonds is 3. The van der Waals surface area contributed by atoms with Gasteiger partial charge in [-0.15, -0.1) is 0 Å². The summed E-state index contributed by atoms with van der Waals surface area (Å²) in [6, 6.07) is -0.0285. The predicted octanol–water partition coefficient (Wildman–Crippen LogP) is 0.449. The maximum absolute atomic E-state index is 12.7. The van der Waals surface area contributed by atoms with Gasteiger partial charge in [0, 0.05) is 56.1 Å². The molecule has 1 fully saturated rings. The van der Waals surface area contributed by atoms with Crippen LogP contribution in [0, 0.1) is 0 Å². The number of hydrogen-bond acceptors (Lipinski definition) is 4. The van der Waals surface area contributed by atoms with Crippen LogP contribution in [0.15, 0.2) is 18.6 Å². The Kier molecular flexibility index (Phi) is 3.88.